The number of carbonyl (C=O) groups excluding carboxylic acids is 1. The van der Waals surface area contributed by atoms with E-state index in [0.717, 1.165) is 4.88 Å². The molecule has 1 amide bonds. The van der Waals surface area contributed by atoms with E-state index in [2.05, 4.69) is 22.3 Å². The van der Waals surface area contributed by atoms with Crippen LogP contribution in [0, 0.1) is 5.92 Å². The number of rotatable bonds is 2. The molecule has 1 N–H and O–H groups in total. The van der Waals surface area contributed by atoms with Crippen molar-refractivity contribution in [2.75, 3.05) is 13.1 Å². The molecule has 3 saturated heterocycles. The van der Waals surface area contributed by atoms with Crippen LogP contribution >= 0.6 is 11.3 Å². The lowest BCUT2D eigenvalue weighted by atomic mass is 9.77. The molecule has 1 saturated carbocycles. The van der Waals surface area contributed by atoms with Gasteiger partial charge in [0.1, 0.15) is 0 Å². The molecule has 22 heavy (non-hydrogen) atoms. The van der Waals surface area contributed by atoms with Gasteiger partial charge in [-0.15, -0.1) is 11.3 Å². The minimum Gasteiger partial charge on any atom is -0.346 e. The Hall–Kier alpha value is -1.39. The molecule has 2 aromatic rings. The van der Waals surface area contributed by atoms with Crippen molar-refractivity contribution in [1.29, 1.82) is 0 Å². The van der Waals surface area contributed by atoms with Crippen LogP contribution in [0.25, 0.3) is 10.1 Å². The average molecular weight is 312 g/mol. The van der Waals surface area contributed by atoms with Gasteiger partial charge in [-0.25, -0.2) is 0 Å². The fourth-order valence-electron chi connectivity index (χ4n) is 4.63. The van der Waals surface area contributed by atoms with Crippen molar-refractivity contribution in [2.24, 2.45) is 5.92 Å². The predicted octanol–water partition coefficient (Wildman–Crippen LogP) is 3.26. The van der Waals surface area contributed by atoms with Crippen molar-refractivity contribution in [2.45, 2.75) is 37.3 Å². The lowest BCUT2D eigenvalue weighted by Crippen LogP contribution is -2.65. The Morgan fingerprint density at radius 1 is 1.23 bits per heavy atom. The van der Waals surface area contributed by atoms with Gasteiger partial charge in [-0.1, -0.05) is 18.2 Å². The number of thiophene rings is 1. The Morgan fingerprint density at radius 2 is 2.00 bits per heavy atom. The van der Waals surface area contributed by atoms with Crippen molar-refractivity contribution in [1.82, 2.24) is 10.2 Å². The van der Waals surface area contributed by atoms with Gasteiger partial charge >= 0.3 is 0 Å². The normalized spacial score (nSPS) is 31.5. The number of benzene rings is 1. The number of piperidine rings is 3. The van der Waals surface area contributed by atoms with Gasteiger partial charge in [-0.3, -0.25) is 9.69 Å². The lowest BCUT2D eigenvalue weighted by Gasteiger charge is -2.52. The molecule has 1 aromatic carbocycles. The van der Waals surface area contributed by atoms with E-state index in [1.165, 1.54) is 48.9 Å². The maximum atomic E-state index is 12.8. The Balaban J connectivity index is 1.42. The molecule has 4 aliphatic rings. The smallest absolute Gasteiger partial charge is 0.261 e. The molecule has 4 fully saturated rings. The first-order valence-electron chi connectivity index (χ1n) is 8.31. The molecule has 1 atom stereocenters. The van der Waals surface area contributed by atoms with Gasteiger partial charge in [0.25, 0.3) is 5.91 Å². The second kappa shape index (κ2) is 4.56. The summed E-state index contributed by atoms with van der Waals surface area (Å²) in [6.07, 6.45) is 5.03. The number of carbonyl (C=O) groups is 1. The molecule has 114 valence electrons. The van der Waals surface area contributed by atoms with E-state index in [0.29, 0.717) is 17.5 Å². The molecule has 4 heteroatoms. The number of nitrogens with one attached hydrogen (secondary N) is 1. The summed E-state index contributed by atoms with van der Waals surface area (Å²) in [7, 11) is 0. The Bertz CT molecular complexity index is 707. The largest absolute Gasteiger partial charge is 0.346 e. The van der Waals surface area contributed by atoms with Crippen LogP contribution in [-0.2, 0) is 0 Å². The monoisotopic (exact) mass is 312 g/mol. The first-order valence-corrected chi connectivity index (χ1v) is 9.12. The van der Waals surface area contributed by atoms with Gasteiger partial charge < -0.3 is 5.32 Å². The fraction of sp³-hybridized carbons (Fsp3) is 0.500. The van der Waals surface area contributed by atoms with Gasteiger partial charge in [0.15, 0.2) is 0 Å². The molecular formula is C18H20N2OS. The van der Waals surface area contributed by atoms with Crippen molar-refractivity contribution < 1.29 is 4.79 Å². The van der Waals surface area contributed by atoms with Gasteiger partial charge in [-0.2, -0.15) is 0 Å². The van der Waals surface area contributed by atoms with Gasteiger partial charge in [0.2, 0.25) is 0 Å². The van der Waals surface area contributed by atoms with E-state index in [1.54, 1.807) is 11.3 Å². The van der Waals surface area contributed by atoms with E-state index >= 15 is 0 Å². The van der Waals surface area contributed by atoms with Gasteiger partial charge in [0, 0.05) is 10.2 Å². The highest BCUT2D eigenvalue weighted by Gasteiger charge is 2.60. The summed E-state index contributed by atoms with van der Waals surface area (Å²) in [4.78, 5) is 16.3. The minimum absolute atomic E-state index is 0.131. The van der Waals surface area contributed by atoms with Crippen LogP contribution in [0.4, 0.5) is 0 Å². The third kappa shape index (κ3) is 1.80. The molecule has 2 bridgehead atoms. The summed E-state index contributed by atoms with van der Waals surface area (Å²) >= 11 is 1.61. The maximum Gasteiger partial charge on any atom is 0.261 e. The van der Waals surface area contributed by atoms with E-state index < -0.39 is 0 Å². The van der Waals surface area contributed by atoms with Crippen LogP contribution in [-0.4, -0.2) is 35.5 Å². The third-order valence-corrected chi connectivity index (χ3v) is 7.03. The van der Waals surface area contributed by atoms with Crippen LogP contribution in [0.5, 0.6) is 0 Å². The molecule has 1 aromatic heterocycles. The second-order valence-corrected chi connectivity index (χ2v) is 8.11. The minimum atomic E-state index is 0.131. The highest BCUT2D eigenvalue weighted by Crippen LogP contribution is 2.53. The summed E-state index contributed by atoms with van der Waals surface area (Å²) in [5.41, 5.74) is 0.313. The SMILES string of the molecule is O=C(N[C@@H]1C2CCN(CC2)C12CC2)c1cc2ccccc2s1. The van der Waals surface area contributed by atoms with E-state index in [-0.39, 0.29) is 5.91 Å². The zero-order chi connectivity index (χ0) is 14.7. The topological polar surface area (TPSA) is 32.3 Å². The Kier molecular flexibility index (Phi) is 2.71. The first kappa shape index (κ1) is 13.1. The molecule has 4 heterocycles. The zero-order valence-electron chi connectivity index (χ0n) is 12.5. The first-order chi connectivity index (χ1) is 10.8. The summed E-state index contributed by atoms with van der Waals surface area (Å²) in [5.74, 6) is 0.817. The molecule has 0 unspecified atom stereocenters. The average Bonchev–Trinajstić information content (AvgIpc) is 3.20. The zero-order valence-corrected chi connectivity index (χ0v) is 13.4. The Morgan fingerprint density at radius 3 is 2.73 bits per heavy atom. The highest BCUT2D eigenvalue weighted by atomic mass is 32.1. The quantitative estimate of drug-likeness (QED) is 0.923. The van der Waals surface area contributed by atoms with Gasteiger partial charge in [-0.05, 0) is 62.2 Å². The van der Waals surface area contributed by atoms with Crippen molar-refractivity contribution >= 4 is 27.3 Å². The van der Waals surface area contributed by atoms with Gasteiger partial charge in [0.05, 0.1) is 10.9 Å². The van der Waals surface area contributed by atoms with Crippen LogP contribution in [0.15, 0.2) is 30.3 Å². The molecular weight excluding hydrogens is 292 g/mol. The van der Waals surface area contributed by atoms with Crippen LogP contribution in [0.1, 0.15) is 35.4 Å². The summed E-state index contributed by atoms with van der Waals surface area (Å²) < 4.78 is 1.20. The molecule has 1 aliphatic carbocycles. The molecule has 3 nitrogen and oxygen atoms in total. The summed E-state index contributed by atoms with van der Waals surface area (Å²) in [6.45, 7) is 2.47. The fourth-order valence-corrected chi connectivity index (χ4v) is 5.59. The molecule has 0 radical (unpaired) electrons. The third-order valence-electron chi connectivity index (χ3n) is 5.92. The predicted molar refractivity (Wildman–Crippen MR) is 89.3 cm³/mol. The van der Waals surface area contributed by atoms with Crippen LogP contribution in [0.2, 0.25) is 0 Å². The van der Waals surface area contributed by atoms with E-state index in [9.17, 15) is 4.79 Å². The number of amides is 1. The number of hydrogen-bond acceptors (Lipinski definition) is 3. The van der Waals surface area contributed by atoms with Crippen LogP contribution in [0.3, 0.4) is 0 Å². The Labute approximate surface area is 134 Å². The lowest BCUT2D eigenvalue weighted by molar-refractivity contribution is -0.00138. The highest BCUT2D eigenvalue weighted by molar-refractivity contribution is 7.20. The maximum absolute atomic E-state index is 12.8. The molecule has 6 rings (SSSR count). The van der Waals surface area contributed by atoms with Crippen LogP contribution < -0.4 is 5.32 Å². The molecule has 3 aliphatic heterocycles. The standard InChI is InChI=1S/C18H20N2OS/c21-17(15-11-13-3-1-2-4-14(13)22-15)19-16-12-5-9-20(10-6-12)18(16)7-8-18/h1-4,11-12,16H,5-10H2,(H,19,21)/t16-/m1/s1. The molecule has 1 spiro atoms. The number of fused-ring (bicyclic) bond motifs is 3. The van der Waals surface area contributed by atoms with E-state index in [4.69, 9.17) is 0 Å². The number of hydrogen-bond donors (Lipinski definition) is 1. The summed E-state index contributed by atoms with van der Waals surface area (Å²) in [6, 6.07) is 10.6. The summed E-state index contributed by atoms with van der Waals surface area (Å²) in [5, 5.41) is 4.58. The van der Waals surface area contributed by atoms with Crippen molar-refractivity contribution in [3.8, 4) is 0 Å². The van der Waals surface area contributed by atoms with Crippen molar-refractivity contribution in [3.05, 3.63) is 35.2 Å². The van der Waals surface area contributed by atoms with Crippen molar-refractivity contribution in [3.63, 3.8) is 0 Å². The van der Waals surface area contributed by atoms with E-state index in [1.807, 2.05) is 18.2 Å². The second-order valence-electron chi connectivity index (χ2n) is 7.03. The number of nitrogens with zero attached hydrogens (tertiary/aromatic N) is 1.